The third-order valence-corrected chi connectivity index (χ3v) is 8.08. The fourth-order valence-electron chi connectivity index (χ4n) is 5.70. The highest BCUT2D eigenvalue weighted by Gasteiger charge is 2.42. The highest BCUT2D eigenvalue weighted by molar-refractivity contribution is 5.96. The lowest BCUT2D eigenvalue weighted by Crippen LogP contribution is -2.55. The number of likely N-dealkylation sites (tertiary alicyclic amines) is 1. The predicted molar refractivity (Wildman–Crippen MR) is 140 cm³/mol. The zero-order valence-electron chi connectivity index (χ0n) is 22.1. The number of ether oxygens (including phenoxy) is 1. The molecule has 2 N–H and O–H groups in total. The van der Waals surface area contributed by atoms with Gasteiger partial charge in [-0.1, -0.05) is 12.5 Å². The number of nitrogens with zero attached hydrogens (tertiary/aromatic N) is 2. The van der Waals surface area contributed by atoms with Gasteiger partial charge in [0.2, 0.25) is 11.8 Å². The first kappa shape index (κ1) is 26.5. The number of carbonyl (C=O) groups excluding carboxylic acids is 3. The molecule has 0 unspecified atom stereocenters. The number of carbonyl (C=O) groups is 3. The molecule has 3 aliphatic heterocycles. The molecule has 8 heteroatoms. The Bertz CT molecular complexity index is 951. The van der Waals surface area contributed by atoms with E-state index in [4.69, 9.17) is 4.74 Å². The van der Waals surface area contributed by atoms with Crippen LogP contribution >= 0.6 is 0 Å². The van der Waals surface area contributed by atoms with Crippen LogP contribution in [0.4, 0.5) is 5.69 Å². The van der Waals surface area contributed by atoms with E-state index in [-0.39, 0.29) is 23.8 Å². The van der Waals surface area contributed by atoms with Crippen molar-refractivity contribution in [1.29, 1.82) is 0 Å². The number of piperidine rings is 1. The standard InChI is InChI=1S/C28H42N4O4/c1-20-8-9-23(18-24(20)31-13-5-6-14-31)26(34)32-15-11-28(12-16-32)10-4-7-17-36-19-21(2)29-25(33)22(3)30-27(28)35/h8-9,18,21-22H,4-7,10-17,19H2,1-3H3,(H,29,33)(H,30,35)/t21-,22-/m0/s1. The third kappa shape index (κ3) is 6.02. The van der Waals surface area contributed by atoms with E-state index in [0.717, 1.165) is 43.6 Å². The minimum atomic E-state index is -0.617. The lowest BCUT2D eigenvalue weighted by molar-refractivity contribution is -0.137. The molecule has 3 fully saturated rings. The van der Waals surface area contributed by atoms with E-state index in [1.54, 1.807) is 6.92 Å². The van der Waals surface area contributed by atoms with Gasteiger partial charge in [0.15, 0.2) is 0 Å². The number of amides is 3. The van der Waals surface area contributed by atoms with Crippen LogP contribution in [0.15, 0.2) is 18.2 Å². The predicted octanol–water partition coefficient (Wildman–Crippen LogP) is 3.03. The van der Waals surface area contributed by atoms with Crippen LogP contribution in [0.3, 0.4) is 0 Å². The van der Waals surface area contributed by atoms with Crippen LogP contribution in [0.2, 0.25) is 0 Å². The lowest BCUT2D eigenvalue weighted by Gasteiger charge is -2.41. The molecule has 2 atom stereocenters. The van der Waals surface area contributed by atoms with Gasteiger partial charge in [0.05, 0.1) is 12.0 Å². The first-order valence-corrected chi connectivity index (χ1v) is 13.6. The molecule has 0 radical (unpaired) electrons. The summed E-state index contributed by atoms with van der Waals surface area (Å²) in [6.07, 6.45) is 6.07. The summed E-state index contributed by atoms with van der Waals surface area (Å²) in [5.41, 5.74) is 2.50. The van der Waals surface area contributed by atoms with Crippen molar-refractivity contribution in [1.82, 2.24) is 15.5 Å². The van der Waals surface area contributed by atoms with Gasteiger partial charge in [-0.3, -0.25) is 14.4 Å². The van der Waals surface area contributed by atoms with Crippen LogP contribution in [0, 0.1) is 12.3 Å². The number of rotatable bonds is 2. The van der Waals surface area contributed by atoms with Crippen molar-refractivity contribution < 1.29 is 19.1 Å². The molecular weight excluding hydrogens is 456 g/mol. The summed E-state index contributed by atoms with van der Waals surface area (Å²) >= 11 is 0. The summed E-state index contributed by atoms with van der Waals surface area (Å²) < 4.78 is 5.72. The van der Waals surface area contributed by atoms with Gasteiger partial charge in [-0.15, -0.1) is 0 Å². The van der Waals surface area contributed by atoms with Crippen molar-refractivity contribution in [3.63, 3.8) is 0 Å². The minimum absolute atomic E-state index is 0.0329. The zero-order chi connectivity index (χ0) is 25.7. The molecule has 3 heterocycles. The first-order valence-electron chi connectivity index (χ1n) is 13.6. The highest BCUT2D eigenvalue weighted by Crippen LogP contribution is 2.38. The largest absolute Gasteiger partial charge is 0.379 e. The van der Waals surface area contributed by atoms with Crippen LogP contribution in [0.1, 0.15) is 74.7 Å². The molecule has 0 aromatic heterocycles. The number of benzene rings is 1. The van der Waals surface area contributed by atoms with Crippen molar-refractivity contribution in [2.75, 3.05) is 44.3 Å². The summed E-state index contributed by atoms with van der Waals surface area (Å²) in [6, 6.07) is 5.29. The second kappa shape index (κ2) is 11.6. The first-order chi connectivity index (χ1) is 17.3. The maximum atomic E-state index is 13.5. The molecule has 3 amide bonds. The summed E-state index contributed by atoms with van der Waals surface area (Å²) in [4.78, 5) is 43.7. The van der Waals surface area contributed by atoms with Crippen molar-refractivity contribution in [2.24, 2.45) is 5.41 Å². The van der Waals surface area contributed by atoms with Crippen molar-refractivity contribution in [3.05, 3.63) is 29.3 Å². The molecule has 1 aromatic carbocycles. The Labute approximate surface area is 215 Å². The van der Waals surface area contributed by atoms with Crippen molar-refractivity contribution in [3.8, 4) is 0 Å². The van der Waals surface area contributed by atoms with Crippen LogP contribution in [0.5, 0.6) is 0 Å². The molecule has 8 nitrogen and oxygen atoms in total. The van der Waals surface area contributed by atoms with E-state index in [2.05, 4.69) is 22.5 Å². The van der Waals surface area contributed by atoms with E-state index in [1.807, 2.05) is 30.0 Å². The van der Waals surface area contributed by atoms with E-state index in [9.17, 15) is 14.4 Å². The van der Waals surface area contributed by atoms with Gasteiger partial charge in [0.25, 0.3) is 5.91 Å². The second-order valence-corrected chi connectivity index (χ2v) is 10.9. The molecule has 198 valence electrons. The zero-order valence-corrected chi connectivity index (χ0v) is 22.1. The fraction of sp³-hybridized carbons (Fsp3) is 0.679. The molecule has 4 rings (SSSR count). The van der Waals surface area contributed by atoms with Gasteiger partial charge in [-0.05, 0) is 77.0 Å². The summed E-state index contributed by atoms with van der Waals surface area (Å²) in [6.45, 7) is 9.97. The monoisotopic (exact) mass is 498 g/mol. The van der Waals surface area contributed by atoms with Crippen molar-refractivity contribution >= 4 is 23.4 Å². The SMILES string of the molecule is Cc1ccc(C(=O)N2CCC3(CCCCOC[C@H](C)NC(=O)[C@H](C)NC3=O)CC2)cc1N1CCCC1. The average molecular weight is 499 g/mol. The average Bonchev–Trinajstić information content (AvgIpc) is 3.40. The Kier molecular flexibility index (Phi) is 8.54. The Hall–Kier alpha value is -2.61. The Morgan fingerprint density at radius 3 is 2.42 bits per heavy atom. The number of aryl methyl sites for hydroxylation is 1. The molecule has 0 bridgehead atoms. The fourth-order valence-corrected chi connectivity index (χ4v) is 5.70. The quantitative estimate of drug-likeness (QED) is 0.654. The molecule has 0 aliphatic carbocycles. The summed E-state index contributed by atoms with van der Waals surface area (Å²) in [5.74, 6) is -0.239. The molecular formula is C28H42N4O4. The van der Waals surface area contributed by atoms with E-state index < -0.39 is 11.5 Å². The molecule has 3 saturated heterocycles. The van der Waals surface area contributed by atoms with Gasteiger partial charge in [0.1, 0.15) is 6.04 Å². The van der Waals surface area contributed by atoms with Crippen LogP contribution in [-0.4, -0.2) is 74.1 Å². The maximum Gasteiger partial charge on any atom is 0.253 e. The highest BCUT2D eigenvalue weighted by atomic mass is 16.5. The molecule has 3 aliphatic rings. The van der Waals surface area contributed by atoms with E-state index in [1.165, 1.54) is 18.4 Å². The number of nitrogens with one attached hydrogen (secondary N) is 2. The molecule has 1 spiro atoms. The van der Waals surface area contributed by atoms with Crippen LogP contribution < -0.4 is 15.5 Å². The topological polar surface area (TPSA) is 91.0 Å². The van der Waals surface area contributed by atoms with Crippen LogP contribution in [-0.2, 0) is 14.3 Å². The van der Waals surface area contributed by atoms with Gasteiger partial charge in [-0.2, -0.15) is 0 Å². The maximum absolute atomic E-state index is 13.5. The Morgan fingerprint density at radius 2 is 1.69 bits per heavy atom. The summed E-state index contributed by atoms with van der Waals surface area (Å²) in [7, 11) is 0. The van der Waals surface area contributed by atoms with Gasteiger partial charge < -0.3 is 25.2 Å². The number of hydrogen-bond donors (Lipinski definition) is 2. The number of hydrogen-bond acceptors (Lipinski definition) is 5. The van der Waals surface area contributed by atoms with E-state index in [0.29, 0.717) is 39.1 Å². The van der Waals surface area contributed by atoms with Crippen molar-refractivity contribution in [2.45, 2.75) is 77.8 Å². The molecule has 1 aromatic rings. The number of anilines is 1. The third-order valence-electron chi connectivity index (χ3n) is 8.08. The Balaban J connectivity index is 1.44. The second-order valence-electron chi connectivity index (χ2n) is 10.9. The normalized spacial score (nSPS) is 26.0. The Morgan fingerprint density at radius 1 is 0.972 bits per heavy atom. The van der Waals surface area contributed by atoms with Gasteiger partial charge in [0, 0.05) is 50.1 Å². The smallest absolute Gasteiger partial charge is 0.253 e. The summed E-state index contributed by atoms with van der Waals surface area (Å²) in [5, 5.41) is 5.88. The van der Waals surface area contributed by atoms with E-state index >= 15 is 0 Å². The van der Waals surface area contributed by atoms with Gasteiger partial charge >= 0.3 is 0 Å². The molecule has 36 heavy (non-hydrogen) atoms. The lowest BCUT2D eigenvalue weighted by atomic mass is 9.73. The van der Waals surface area contributed by atoms with Crippen LogP contribution in [0.25, 0.3) is 0 Å². The minimum Gasteiger partial charge on any atom is -0.379 e. The van der Waals surface area contributed by atoms with Gasteiger partial charge in [-0.25, -0.2) is 0 Å². The molecule has 0 saturated carbocycles.